The Kier molecular flexibility index (Phi) is 7.57. The van der Waals surface area contributed by atoms with E-state index in [4.69, 9.17) is 4.42 Å². The largest absolute Gasteiger partial charge is 0.459 e. The first-order chi connectivity index (χ1) is 14.6. The fraction of sp³-hybridized carbons (Fsp3) is 0.217. The molecule has 2 aromatic carbocycles. The summed E-state index contributed by atoms with van der Waals surface area (Å²) in [6.07, 6.45) is 3.57. The molecule has 0 spiro atoms. The summed E-state index contributed by atoms with van der Waals surface area (Å²) in [5.74, 6) is 0.753. The minimum Gasteiger partial charge on any atom is -0.459 e. The van der Waals surface area contributed by atoms with Gasteiger partial charge in [-0.25, -0.2) is 0 Å². The minimum absolute atomic E-state index is 0.267. The lowest BCUT2D eigenvalue weighted by Gasteiger charge is -2.14. The molecule has 0 unspecified atom stereocenters. The van der Waals surface area contributed by atoms with Gasteiger partial charge in [0.05, 0.1) is 6.26 Å². The smallest absolute Gasteiger partial charge is 0.291 e. The highest BCUT2D eigenvalue weighted by molar-refractivity contribution is 7.98. The van der Waals surface area contributed by atoms with Gasteiger partial charge in [-0.2, -0.15) is 0 Å². The SMILES string of the molecule is CN=C(NCc1ccc(NC(=O)c2ccco2)cc1)NCc1ccc(C)cc1SC. The van der Waals surface area contributed by atoms with Crippen LogP contribution in [-0.2, 0) is 13.1 Å². The number of furan rings is 1. The summed E-state index contributed by atoms with van der Waals surface area (Å²) in [5, 5.41) is 9.49. The van der Waals surface area contributed by atoms with Gasteiger partial charge in [-0.05, 0) is 60.2 Å². The van der Waals surface area contributed by atoms with Crippen LogP contribution in [0.3, 0.4) is 0 Å². The van der Waals surface area contributed by atoms with E-state index in [9.17, 15) is 4.79 Å². The van der Waals surface area contributed by atoms with E-state index in [2.05, 4.69) is 52.3 Å². The number of carbonyl (C=O) groups excluding carboxylic acids is 1. The molecule has 30 heavy (non-hydrogen) atoms. The predicted molar refractivity (Wildman–Crippen MR) is 123 cm³/mol. The number of hydrogen-bond acceptors (Lipinski definition) is 4. The Labute approximate surface area is 181 Å². The molecule has 3 N–H and O–H groups in total. The fourth-order valence-electron chi connectivity index (χ4n) is 2.89. The zero-order chi connectivity index (χ0) is 21.3. The second-order valence-electron chi connectivity index (χ2n) is 6.72. The molecular weight excluding hydrogens is 396 g/mol. The van der Waals surface area contributed by atoms with Crippen molar-refractivity contribution in [2.24, 2.45) is 4.99 Å². The first-order valence-electron chi connectivity index (χ1n) is 9.61. The number of guanidine groups is 1. The molecule has 0 saturated heterocycles. The second-order valence-corrected chi connectivity index (χ2v) is 7.57. The van der Waals surface area contributed by atoms with Crippen molar-refractivity contribution in [3.8, 4) is 0 Å². The van der Waals surface area contributed by atoms with Crippen LogP contribution in [0.1, 0.15) is 27.2 Å². The molecular formula is C23H26N4O2S. The molecule has 0 aliphatic rings. The molecule has 7 heteroatoms. The van der Waals surface area contributed by atoms with Crippen molar-refractivity contribution in [2.45, 2.75) is 24.9 Å². The van der Waals surface area contributed by atoms with Gasteiger partial charge >= 0.3 is 0 Å². The molecule has 0 atom stereocenters. The molecule has 0 aliphatic heterocycles. The molecule has 0 bridgehead atoms. The van der Waals surface area contributed by atoms with Crippen LogP contribution in [0, 0.1) is 6.92 Å². The Balaban J connectivity index is 1.51. The van der Waals surface area contributed by atoms with E-state index in [1.54, 1.807) is 30.9 Å². The van der Waals surface area contributed by atoms with Crippen molar-refractivity contribution in [2.75, 3.05) is 18.6 Å². The predicted octanol–water partition coefficient (Wildman–Crippen LogP) is 4.43. The summed E-state index contributed by atoms with van der Waals surface area (Å²) in [5.41, 5.74) is 4.29. The number of hydrogen-bond donors (Lipinski definition) is 3. The van der Waals surface area contributed by atoms with Crippen molar-refractivity contribution in [1.29, 1.82) is 0 Å². The Morgan fingerprint density at radius 2 is 1.83 bits per heavy atom. The number of aliphatic imine (C=N–C) groups is 1. The minimum atomic E-state index is -0.267. The molecule has 156 valence electrons. The summed E-state index contributed by atoms with van der Waals surface area (Å²) in [4.78, 5) is 17.6. The number of benzene rings is 2. The number of nitrogens with one attached hydrogen (secondary N) is 3. The lowest BCUT2D eigenvalue weighted by atomic mass is 10.1. The quantitative estimate of drug-likeness (QED) is 0.298. The van der Waals surface area contributed by atoms with Gasteiger partial charge in [-0.1, -0.05) is 24.3 Å². The van der Waals surface area contributed by atoms with E-state index >= 15 is 0 Å². The Hall–Kier alpha value is -3.19. The van der Waals surface area contributed by atoms with Crippen molar-refractivity contribution in [3.63, 3.8) is 0 Å². The molecule has 6 nitrogen and oxygen atoms in total. The van der Waals surface area contributed by atoms with Gasteiger partial charge in [0, 0.05) is 30.7 Å². The lowest BCUT2D eigenvalue weighted by molar-refractivity contribution is 0.0996. The van der Waals surface area contributed by atoms with Crippen LogP contribution in [0.5, 0.6) is 0 Å². The zero-order valence-corrected chi connectivity index (χ0v) is 18.2. The highest BCUT2D eigenvalue weighted by atomic mass is 32.2. The normalized spacial score (nSPS) is 11.2. The van der Waals surface area contributed by atoms with Crippen LogP contribution in [0.4, 0.5) is 5.69 Å². The summed E-state index contributed by atoms with van der Waals surface area (Å²) >= 11 is 1.75. The zero-order valence-electron chi connectivity index (χ0n) is 17.4. The average Bonchev–Trinajstić information content (AvgIpc) is 3.31. The average molecular weight is 423 g/mol. The van der Waals surface area contributed by atoms with Crippen LogP contribution >= 0.6 is 11.8 Å². The van der Waals surface area contributed by atoms with Gasteiger partial charge < -0.3 is 20.4 Å². The van der Waals surface area contributed by atoms with E-state index in [0.29, 0.717) is 18.8 Å². The Morgan fingerprint density at radius 3 is 2.50 bits per heavy atom. The van der Waals surface area contributed by atoms with Gasteiger partial charge in [-0.3, -0.25) is 9.79 Å². The lowest BCUT2D eigenvalue weighted by Crippen LogP contribution is -2.36. The number of anilines is 1. The summed E-state index contributed by atoms with van der Waals surface area (Å²) in [7, 11) is 1.76. The summed E-state index contributed by atoms with van der Waals surface area (Å²) < 4.78 is 5.10. The molecule has 1 amide bonds. The van der Waals surface area contributed by atoms with E-state index in [1.165, 1.54) is 22.3 Å². The van der Waals surface area contributed by atoms with Gasteiger partial charge in [0.15, 0.2) is 11.7 Å². The number of carbonyl (C=O) groups is 1. The summed E-state index contributed by atoms with van der Waals surface area (Å²) in [6, 6.07) is 17.4. The molecule has 0 radical (unpaired) electrons. The number of amides is 1. The fourth-order valence-corrected chi connectivity index (χ4v) is 3.60. The van der Waals surface area contributed by atoms with Crippen molar-refractivity contribution >= 4 is 29.3 Å². The maximum Gasteiger partial charge on any atom is 0.291 e. The van der Waals surface area contributed by atoms with E-state index in [-0.39, 0.29) is 11.7 Å². The maximum atomic E-state index is 12.0. The van der Waals surface area contributed by atoms with E-state index < -0.39 is 0 Å². The number of thioether (sulfide) groups is 1. The standard InChI is InChI=1S/C23H26N4O2S/c1-16-6-9-18(21(13-16)30-3)15-26-23(24-2)25-14-17-7-10-19(11-8-17)27-22(28)20-5-4-12-29-20/h4-13H,14-15H2,1-3H3,(H,27,28)(H2,24,25,26). The van der Waals surface area contributed by atoms with Crippen LogP contribution < -0.4 is 16.0 Å². The molecule has 0 aliphatic carbocycles. The monoisotopic (exact) mass is 422 g/mol. The second kappa shape index (κ2) is 10.5. The molecule has 0 saturated carbocycles. The highest BCUT2D eigenvalue weighted by Crippen LogP contribution is 2.21. The Bertz CT molecular complexity index is 999. The van der Waals surface area contributed by atoms with E-state index in [0.717, 1.165) is 11.5 Å². The van der Waals surface area contributed by atoms with Crippen molar-refractivity contribution < 1.29 is 9.21 Å². The van der Waals surface area contributed by atoms with Crippen LogP contribution in [-0.4, -0.2) is 25.2 Å². The third-order valence-electron chi connectivity index (χ3n) is 4.53. The number of aryl methyl sites for hydroxylation is 1. The molecule has 1 aromatic heterocycles. The van der Waals surface area contributed by atoms with Crippen LogP contribution in [0.25, 0.3) is 0 Å². The maximum absolute atomic E-state index is 12.0. The third-order valence-corrected chi connectivity index (χ3v) is 5.35. The van der Waals surface area contributed by atoms with Gasteiger partial charge in [-0.15, -0.1) is 11.8 Å². The van der Waals surface area contributed by atoms with Gasteiger partial charge in [0.1, 0.15) is 0 Å². The molecule has 0 fully saturated rings. The first-order valence-corrected chi connectivity index (χ1v) is 10.8. The number of rotatable bonds is 7. The van der Waals surface area contributed by atoms with Crippen molar-refractivity contribution in [1.82, 2.24) is 10.6 Å². The first kappa shape index (κ1) is 21.5. The van der Waals surface area contributed by atoms with Crippen LogP contribution in [0.2, 0.25) is 0 Å². The van der Waals surface area contributed by atoms with Crippen molar-refractivity contribution in [3.05, 3.63) is 83.3 Å². The third kappa shape index (κ3) is 5.90. The molecule has 1 heterocycles. The molecule has 3 aromatic rings. The topological polar surface area (TPSA) is 78.7 Å². The van der Waals surface area contributed by atoms with Gasteiger partial charge in [0.2, 0.25) is 0 Å². The Morgan fingerprint density at radius 1 is 1.07 bits per heavy atom. The number of nitrogens with zero attached hydrogens (tertiary/aromatic N) is 1. The molecule has 3 rings (SSSR count). The summed E-state index contributed by atoms with van der Waals surface area (Å²) in [6.45, 7) is 3.42. The van der Waals surface area contributed by atoms with Crippen LogP contribution in [0.15, 0.2) is 75.2 Å². The highest BCUT2D eigenvalue weighted by Gasteiger charge is 2.08. The van der Waals surface area contributed by atoms with E-state index in [1.807, 2.05) is 24.3 Å². The van der Waals surface area contributed by atoms with Gasteiger partial charge in [0.25, 0.3) is 5.91 Å².